The molecule has 0 aliphatic carbocycles. The van der Waals surface area contributed by atoms with Gasteiger partial charge < -0.3 is 14.8 Å². The van der Waals surface area contributed by atoms with Gasteiger partial charge in [0, 0.05) is 13.0 Å². The summed E-state index contributed by atoms with van der Waals surface area (Å²) in [6.07, 6.45) is 1.37. The molecule has 1 N–H and O–H groups in total. The molecule has 0 aliphatic rings. The fourth-order valence-electron chi connectivity index (χ4n) is 3.12. The topological polar surface area (TPSA) is 117 Å². The van der Waals surface area contributed by atoms with Crippen LogP contribution in [-0.4, -0.2) is 40.6 Å². The number of aromatic nitrogens is 2. The molecule has 3 rings (SSSR count). The number of carbonyl (C=O) groups is 3. The molecule has 3 aromatic rings. The zero-order valence-corrected chi connectivity index (χ0v) is 18.8. The zero-order chi connectivity index (χ0) is 23.3. The third-order valence-electron chi connectivity index (χ3n) is 4.65. The SMILES string of the molecule is CCOC(=O)c1sc(NC(=O)CCn2cnc3ccccc3c2=O)c(C(=O)OCC)c1C. The third kappa shape index (κ3) is 4.86. The molecule has 0 atom stereocenters. The Labute approximate surface area is 188 Å². The molecular formula is C22H23N3O6S. The summed E-state index contributed by atoms with van der Waals surface area (Å²) in [7, 11) is 0. The molecule has 10 heteroatoms. The quantitative estimate of drug-likeness (QED) is 0.517. The summed E-state index contributed by atoms with van der Waals surface area (Å²) in [6.45, 7) is 5.38. The molecule has 0 saturated carbocycles. The Morgan fingerprint density at radius 3 is 2.50 bits per heavy atom. The van der Waals surface area contributed by atoms with E-state index < -0.39 is 17.8 Å². The summed E-state index contributed by atoms with van der Waals surface area (Å²) in [5, 5.41) is 3.34. The zero-order valence-electron chi connectivity index (χ0n) is 18.0. The van der Waals surface area contributed by atoms with Crippen LogP contribution in [0.15, 0.2) is 35.4 Å². The van der Waals surface area contributed by atoms with Crippen molar-refractivity contribution in [1.82, 2.24) is 9.55 Å². The first-order valence-electron chi connectivity index (χ1n) is 10.1. The second-order valence-corrected chi connectivity index (χ2v) is 7.78. The first-order chi connectivity index (χ1) is 15.4. The van der Waals surface area contributed by atoms with E-state index in [0.717, 1.165) is 11.3 Å². The molecule has 0 bridgehead atoms. The van der Waals surface area contributed by atoms with E-state index in [9.17, 15) is 19.2 Å². The van der Waals surface area contributed by atoms with Crippen molar-refractivity contribution >= 4 is 45.1 Å². The highest BCUT2D eigenvalue weighted by Gasteiger charge is 2.27. The van der Waals surface area contributed by atoms with Crippen molar-refractivity contribution in [3.8, 4) is 0 Å². The number of thiophene rings is 1. The number of nitrogens with zero attached hydrogens (tertiary/aromatic N) is 2. The molecule has 0 fully saturated rings. The molecular weight excluding hydrogens is 434 g/mol. The van der Waals surface area contributed by atoms with Crippen LogP contribution >= 0.6 is 11.3 Å². The van der Waals surface area contributed by atoms with Gasteiger partial charge >= 0.3 is 11.9 Å². The van der Waals surface area contributed by atoms with Crippen LogP contribution in [0.3, 0.4) is 0 Å². The number of rotatable bonds is 8. The maximum atomic E-state index is 12.6. The Balaban J connectivity index is 1.80. The minimum absolute atomic E-state index is 0.0338. The number of para-hydroxylation sites is 1. The second-order valence-electron chi connectivity index (χ2n) is 6.76. The second kappa shape index (κ2) is 10.2. The smallest absolute Gasteiger partial charge is 0.348 e. The van der Waals surface area contributed by atoms with Crippen LogP contribution < -0.4 is 10.9 Å². The van der Waals surface area contributed by atoms with Gasteiger partial charge in [-0.05, 0) is 38.5 Å². The van der Waals surface area contributed by atoms with Gasteiger partial charge in [-0.15, -0.1) is 11.3 Å². The number of esters is 2. The standard InChI is InChI=1S/C22H23N3O6S/c1-4-30-21(28)17-13(3)18(22(29)31-5-2)32-19(17)24-16(26)10-11-25-12-23-15-9-7-6-8-14(15)20(25)27/h6-9,12H,4-5,10-11H2,1-3H3,(H,24,26). The summed E-state index contributed by atoms with van der Waals surface area (Å²) in [5.41, 5.74) is 0.847. The van der Waals surface area contributed by atoms with Crippen molar-refractivity contribution in [1.29, 1.82) is 0 Å². The summed E-state index contributed by atoms with van der Waals surface area (Å²) in [6, 6.07) is 6.96. The van der Waals surface area contributed by atoms with Crippen molar-refractivity contribution in [2.24, 2.45) is 0 Å². The maximum Gasteiger partial charge on any atom is 0.348 e. The average Bonchev–Trinajstić information content (AvgIpc) is 3.09. The Morgan fingerprint density at radius 1 is 1.09 bits per heavy atom. The van der Waals surface area contributed by atoms with Crippen molar-refractivity contribution in [2.45, 2.75) is 33.7 Å². The number of hydrogen-bond acceptors (Lipinski definition) is 8. The van der Waals surface area contributed by atoms with Gasteiger partial charge in [0.15, 0.2) is 0 Å². The maximum absolute atomic E-state index is 12.6. The summed E-state index contributed by atoms with van der Waals surface area (Å²) >= 11 is 0.955. The normalized spacial score (nSPS) is 10.7. The minimum atomic E-state index is -0.637. The van der Waals surface area contributed by atoms with E-state index in [2.05, 4.69) is 10.3 Å². The lowest BCUT2D eigenvalue weighted by atomic mass is 10.1. The molecule has 0 aliphatic heterocycles. The van der Waals surface area contributed by atoms with Crippen LogP contribution in [0.5, 0.6) is 0 Å². The number of benzene rings is 1. The van der Waals surface area contributed by atoms with Gasteiger partial charge in [-0.2, -0.15) is 0 Å². The highest BCUT2D eigenvalue weighted by Crippen LogP contribution is 2.34. The van der Waals surface area contributed by atoms with Gasteiger partial charge in [0.2, 0.25) is 5.91 Å². The monoisotopic (exact) mass is 457 g/mol. The Bertz CT molecular complexity index is 1230. The van der Waals surface area contributed by atoms with E-state index in [1.165, 1.54) is 10.9 Å². The summed E-state index contributed by atoms with van der Waals surface area (Å²) in [5.74, 6) is -1.64. The van der Waals surface area contributed by atoms with Crippen molar-refractivity contribution < 1.29 is 23.9 Å². The van der Waals surface area contributed by atoms with E-state index in [1.54, 1.807) is 45.0 Å². The molecule has 9 nitrogen and oxygen atoms in total. The number of amides is 1. The molecule has 168 valence electrons. The molecule has 2 heterocycles. The molecule has 1 amide bonds. The van der Waals surface area contributed by atoms with E-state index in [0.29, 0.717) is 16.5 Å². The highest BCUT2D eigenvalue weighted by molar-refractivity contribution is 7.18. The molecule has 0 spiro atoms. The van der Waals surface area contributed by atoms with Crippen molar-refractivity contribution in [3.63, 3.8) is 0 Å². The van der Waals surface area contributed by atoms with Crippen molar-refractivity contribution in [2.75, 3.05) is 18.5 Å². The van der Waals surface area contributed by atoms with Crippen LogP contribution in [-0.2, 0) is 20.8 Å². The molecule has 0 saturated heterocycles. The first kappa shape index (κ1) is 23.1. The minimum Gasteiger partial charge on any atom is -0.462 e. The van der Waals surface area contributed by atoms with Gasteiger partial charge in [0.1, 0.15) is 9.88 Å². The summed E-state index contributed by atoms with van der Waals surface area (Å²) < 4.78 is 11.5. The van der Waals surface area contributed by atoms with Gasteiger partial charge in [0.25, 0.3) is 5.56 Å². The largest absolute Gasteiger partial charge is 0.462 e. The lowest BCUT2D eigenvalue weighted by Crippen LogP contribution is -2.23. The van der Waals surface area contributed by atoms with Crippen LogP contribution in [0.4, 0.5) is 5.00 Å². The number of nitrogens with one attached hydrogen (secondary N) is 1. The van der Waals surface area contributed by atoms with E-state index >= 15 is 0 Å². The Kier molecular flexibility index (Phi) is 7.37. The van der Waals surface area contributed by atoms with Gasteiger partial charge in [0.05, 0.1) is 36.0 Å². The van der Waals surface area contributed by atoms with E-state index in [4.69, 9.17) is 9.47 Å². The fraction of sp³-hybridized carbons (Fsp3) is 0.318. The number of anilines is 1. The van der Waals surface area contributed by atoms with Gasteiger partial charge in [-0.3, -0.25) is 14.2 Å². The third-order valence-corrected chi connectivity index (χ3v) is 5.84. The van der Waals surface area contributed by atoms with Crippen LogP contribution in [0, 0.1) is 6.92 Å². The van der Waals surface area contributed by atoms with Crippen LogP contribution in [0.1, 0.15) is 45.9 Å². The number of aryl methyl sites for hydroxylation is 1. The number of carbonyl (C=O) groups excluding carboxylic acids is 3. The Hall–Kier alpha value is -3.53. The number of ether oxygens (including phenoxy) is 2. The highest BCUT2D eigenvalue weighted by atomic mass is 32.1. The lowest BCUT2D eigenvalue weighted by molar-refractivity contribution is -0.116. The lowest BCUT2D eigenvalue weighted by Gasteiger charge is -2.08. The van der Waals surface area contributed by atoms with E-state index in [1.807, 2.05) is 0 Å². The van der Waals surface area contributed by atoms with Crippen LogP contribution in [0.2, 0.25) is 0 Å². The molecule has 0 unspecified atom stereocenters. The fourth-order valence-corrected chi connectivity index (χ4v) is 4.22. The first-order valence-corrected chi connectivity index (χ1v) is 10.9. The Morgan fingerprint density at radius 2 is 1.78 bits per heavy atom. The van der Waals surface area contributed by atoms with Crippen molar-refractivity contribution in [3.05, 3.63) is 57.0 Å². The predicted molar refractivity (Wildman–Crippen MR) is 120 cm³/mol. The summed E-state index contributed by atoms with van der Waals surface area (Å²) in [4.78, 5) is 54.3. The van der Waals surface area contributed by atoms with E-state index in [-0.39, 0.29) is 47.2 Å². The molecule has 2 aromatic heterocycles. The molecule has 32 heavy (non-hydrogen) atoms. The molecule has 0 radical (unpaired) electrons. The molecule has 1 aromatic carbocycles. The number of hydrogen-bond donors (Lipinski definition) is 1. The van der Waals surface area contributed by atoms with Crippen LogP contribution in [0.25, 0.3) is 10.9 Å². The van der Waals surface area contributed by atoms with Gasteiger partial charge in [-0.1, -0.05) is 12.1 Å². The predicted octanol–water partition coefficient (Wildman–Crippen LogP) is 3.15. The number of fused-ring (bicyclic) bond motifs is 1. The van der Waals surface area contributed by atoms with Gasteiger partial charge in [-0.25, -0.2) is 14.6 Å². The average molecular weight is 458 g/mol.